The molecular formula is C15H23N. The summed E-state index contributed by atoms with van der Waals surface area (Å²) in [5, 5.41) is 0. The Kier molecular flexibility index (Phi) is 2.83. The van der Waals surface area contributed by atoms with Crippen LogP contribution in [0.15, 0.2) is 18.2 Å². The van der Waals surface area contributed by atoms with Crippen molar-refractivity contribution in [3.63, 3.8) is 0 Å². The highest BCUT2D eigenvalue weighted by atomic mass is 14.7. The molecule has 0 heterocycles. The second-order valence-corrected chi connectivity index (χ2v) is 6.25. The average Bonchev–Trinajstić information content (AvgIpc) is 2.12. The zero-order valence-corrected chi connectivity index (χ0v) is 10.9. The first-order valence-electron chi connectivity index (χ1n) is 6.24. The van der Waals surface area contributed by atoms with E-state index in [4.69, 9.17) is 5.73 Å². The van der Waals surface area contributed by atoms with E-state index in [9.17, 15) is 0 Å². The van der Waals surface area contributed by atoms with Crippen molar-refractivity contribution >= 4 is 0 Å². The van der Waals surface area contributed by atoms with Gasteiger partial charge in [-0.3, -0.25) is 0 Å². The Hall–Kier alpha value is -0.820. The van der Waals surface area contributed by atoms with Crippen molar-refractivity contribution in [2.75, 3.05) is 0 Å². The Morgan fingerprint density at radius 3 is 2.31 bits per heavy atom. The van der Waals surface area contributed by atoms with Crippen LogP contribution < -0.4 is 5.73 Å². The molecule has 16 heavy (non-hydrogen) atoms. The fourth-order valence-electron chi connectivity index (χ4n) is 2.46. The van der Waals surface area contributed by atoms with Crippen molar-refractivity contribution in [2.45, 2.75) is 57.9 Å². The first-order chi connectivity index (χ1) is 7.38. The van der Waals surface area contributed by atoms with E-state index in [1.807, 2.05) is 0 Å². The molecule has 0 aliphatic heterocycles. The summed E-state index contributed by atoms with van der Waals surface area (Å²) in [4.78, 5) is 0. The highest BCUT2D eigenvalue weighted by Crippen LogP contribution is 2.38. The molecule has 1 saturated carbocycles. The van der Waals surface area contributed by atoms with Gasteiger partial charge < -0.3 is 5.73 Å². The minimum atomic E-state index is 0.244. The molecule has 1 aliphatic carbocycles. The molecule has 0 radical (unpaired) electrons. The van der Waals surface area contributed by atoms with Crippen LogP contribution in [0.25, 0.3) is 0 Å². The van der Waals surface area contributed by atoms with Crippen LogP contribution >= 0.6 is 0 Å². The van der Waals surface area contributed by atoms with Crippen molar-refractivity contribution in [3.8, 4) is 0 Å². The molecule has 1 nitrogen and oxygen atoms in total. The van der Waals surface area contributed by atoms with Gasteiger partial charge in [0.15, 0.2) is 0 Å². The van der Waals surface area contributed by atoms with E-state index in [2.05, 4.69) is 45.9 Å². The molecule has 1 aromatic rings. The molecule has 1 aromatic carbocycles. The molecule has 88 valence electrons. The lowest BCUT2D eigenvalue weighted by Crippen LogP contribution is -2.35. The highest BCUT2D eigenvalue weighted by molar-refractivity contribution is 5.38. The van der Waals surface area contributed by atoms with E-state index in [-0.39, 0.29) is 5.41 Å². The lowest BCUT2D eigenvalue weighted by molar-refractivity contribution is 0.350. The fourth-order valence-corrected chi connectivity index (χ4v) is 2.46. The molecule has 0 amide bonds. The number of hydrogen-bond donors (Lipinski definition) is 1. The van der Waals surface area contributed by atoms with Gasteiger partial charge in [0.25, 0.3) is 0 Å². The van der Waals surface area contributed by atoms with Crippen LogP contribution in [0.1, 0.15) is 56.2 Å². The van der Waals surface area contributed by atoms with Gasteiger partial charge in [-0.15, -0.1) is 0 Å². The molecule has 0 atom stereocenters. The molecule has 1 fully saturated rings. The van der Waals surface area contributed by atoms with Crippen LogP contribution in [-0.2, 0) is 5.41 Å². The smallest absolute Gasteiger partial charge is 0.00504 e. The van der Waals surface area contributed by atoms with Crippen LogP contribution in [0.3, 0.4) is 0 Å². The zero-order chi connectivity index (χ0) is 11.9. The normalized spacial score (nSPS) is 25.3. The maximum absolute atomic E-state index is 5.88. The van der Waals surface area contributed by atoms with Gasteiger partial charge >= 0.3 is 0 Å². The summed E-state index contributed by atoms with van der Waals surface area (Å²) in [6, 6.07) is 7.35. The number of aryl methyl sites for hydroxylation is 1. The third-order valence-electron chi connectivity index (χ3n) is 3.76. The van der Waals surface area contributed by atoms with E-state index < -0.39 is 0 Å². The molecule has 1 aliphatic rings. The predicted molar refractivity (Wildman–Crippen MR) is 69.8 cm³/mol. The van der Waals surface area contributed by atoms with Gasteiger partial charge in [0.1, 0.15) is 0 Å². The van der Waals surface area contributed by atoms with Gasteiger partial charge in [0.2, 0.25) is 0 Å². The summed E-state index contributed by atoms with van der Waals surface area (Å²) < 4.78 is 0. The lowest BCUT2D eigenvalue weighted by atomic mass is 9.73. The first kappa shape index (κ1) is 11.7. The Morgan fingerprint density at radius 1 is 1.19 bits per heavy atom. The molecule has 0 saturated heterocycles. The number of rotatable bonds is 1. The Bertz CT molecular complexity index is 381. The number of hydrogen-bond acceptors (Lipinski definition) is 1. The van der Waals surface area contributed by atoms with Crippen molar-refractivity contribution in [2.24, 2.45) is 5.73 Å². The molecule has 1 heteroatoms. The zero-order valence-electron chi connectivity index (χ0n) is 10.9. The summed E-state index contributed by atoms with van der Waals surface area (Å²) in [6.07, 6.45) is 2.32. The van der Waals surface area contributed by atoms with E-state index in [0.29, 0.717) is 12.0 Å². The highest BCUT2D eigenvalue weighted by Gasteiger charge is 2.29. The van der Waals surface area contributed by atoms with E-state index in [0.717, 1.165) is 12.8 Å². The van der Waals surface area contributed by atoms with Gasteiger partial charge in [-0.25, -0.2) is 0 Å². The van der Waals surface area contributed by atoms with Gasteiger partial charge in [-0.2, -0.15) is 0 Å². The predicted octanol–water partition coefficient (Wildman–Crippen LogP) is 3.50. The largest absolute Gasteiger partial charge is 0.328 e. The van der Waals surface area contributed by atoms with Crippen LogP contribution in [0, 0.1) is 6.92 Å². The van der Waals surface area contributed by atoms with Crippen molar-refractivity contribution in [1.82, 2.24) is 0 Å². The maximum Gasteiger partial charge on any atom is 0.00504 e. The standard InChI is InChI=1S/C15H23N/c1-10-5-6-12(15(2,3)4)9-14(10)11-7-13(16)8-11/h5-6,9,11,13H,7-8,16H2,1-4H3. The Labute approximate surface area is 99.0 Å². The van der Waals surface area contributed by atoms with E-state index >= 15 is 0 Å². The summed E-state index contributed by atoms with van der Waals surface area (Å²) in [5.74, 6) is 0.706. The van der Waals surface area contributed by atoms with Gasteiger partial charge in [-0.05, 0) is 47.8 Å². The molecule has 2 N–H and O–H groups in total. The maximum atomic E-state index is 5.88. The van der Waals surface area contributed by atoms with Crippen molar-refractivity contribution in [1.29, 1.82) is 0 Å². The van der Waals surface area contributed by atoms with Crippen LogP contribution in [0.5, 0.6) is 0 Å². The monoisotopic (exact) mass is 217 g/mol. The topological polar surface area (TPSA) is 26.0 Å². The summed E-state index contributed by atoms with van der Waals surface area (Å²) in [5.41, 5.74) is 10.5. The first-order valence-corrected chi connectivity index (χ1v) is 6.24. The molecule has 0 spiro atoms. The number of nitrogens with two attached hydrogens (primary N) is 1. The summed E-state index contributed by atoms with van der Waals surface area (Å²) in [7, 11) is 0. The summed E-state index contributed by atoms with van der Waals surface area (Å²) in [6.45, 7) is 9.03. The second kappa shape index (κ2) is 3.89. The van der Waals surface area contributed by atoms with Gasteiger partial charge in [0.05, 0.1) is 0 Å². The van der Waals surface area contributed by atoms with Crippen LogP contribution in [-0.4, -0.2) is 6.04 Å². The second-order valence-electron chi connectivity index (χ2n) is 6.25. The molecule has 0 bridgehead atoms. The van der Waals surface area contributed by atoms with Crippen molar-refractivity contribution in [3.05, 3.63) is 34.9 Å². The van der Waals surface area contributed by atoms with Crippen LogP contribution in [0.2, 0.25) is 0 Å². The Morgan fingerprint density at radius 2 is 1.81 bits per heavy atom. The third kappa shape index (κ3) is 2.15. The quantitative estimate of drug-likeness (QED) is 0.765. The molecule has 0 unspecified atom stereocenters. The average molecular weight is 217 g/mol. The molecule has 2 rings (SSSR count). The minimum Gasteiger partial charge on any atom is -0.328 e. The Balaban J connectivity index is 2.30. The van der Waals surface area contributed by atoms with E-state index in [1.165, 1.54) is 16.7 Å². The fraction of sp³-hybridized carbons (Fsp3) is 0.600. The number of benzene rings is 1. The van der Waals surface area contributed by atoms with Crippen molar-refractivity contribution < 1.29 is 0 Å². The van der Waals surface area contributed by atoms with Gasteiger partial charge in [0, 0.05) is 6.04 Å². The molecular weight excluding hydrogens is 194 g/mol. The molecule has 0 aromatic heterocycles. The van der Waals surface area contributed by atoms with Crippen LogP contribution in [0.4, 0.5) is 0 Å². The van der Waals surface area contributed by atoms with Gasteiger partial charge in [-0.1, -0.05) is 39.0 Å². The third-order valence-corrected chi connectivity index (χ3v) is 3.76. The lowest BCUT2D eigenvalue weighted by Gasteiger charge is -2.34. The SMILES string of the molecule is Cc1ccc(C(C)(C)C)cc1C1CC(N)C1. The minimum absolute atomic E-state index is 0.244. The summed E-state index contributed by atoms with van der Waals surface area (Å²) >= 11 is 0. The van der Waals surface area contributed by atoms with E-state index in [1.54, 1.807) is 0 Å².